The molecule has 1 aliphatic heterocycles. The topological polar surface area (TPSA) is 0 Å². The van der Waals surface area contributed by atoms with E-state index in [4.69, 9.17) is 0 Å². The van der Waals surface area contributed by atoms with Crippen LogP contribution in [0.15, 0.2) is 0 Å². The average Bonchev–Trinajstić information content (AvgIpc) is 1.66. The predicted molar refractivity (Wildman–Crippen MR) is 50.5 cm³/mol. The summed E-state index contributed by atoms with van der Waals surface area (Å²) in [6.07, 6.45) is 0. The van der Waals surface area contributed by atoms with Gasteiger partial charge in [-0.1, -0.05) is 21.6 Å². The van der Waals surface area contributed by atoms with Crippen LogP contribution in [-0.2, 0) is 0 Å². The first-order valence-corrected chi connectivity index (χ1v) is 5.96. The molecule has 48 valence electrons. The largest absolute Gasteiger partial charge is 0.178 e. The van der Waals surface area contributed by atoms with Crippen LogP contribution < -0.4 is 0 Å². The summed E-state index contributed by atoms with van der Waals surface area (Å²) < 4.78 is 0. The van der Waals surface area contributed by atoms with E-state index in [0.717, 1.165) is 22.0 Å². The highest BCUT2D eigenvalue weighted by Crippen LogP contribution is 2.48. The van der Waals surface area contributed by atoms with Gasteiger partial charge in [0.1, 0.15) is 0 Å². The summed E-state index contributed by atoms with van der Waals surface area (Å²) in [6.45, 7) is 0. The molecule has 0 spiro atoms. The molecular weight excluding hydrogens is 176 g/mol. The van der Waals surface area contributed by atoms with Gasteiger partial charge in [0.25, 0.3) is 0 Å². The van der Waals surface area contributed by atoms with Crippen LogP contribution >= 0.6 is 46.8 Å². The summed E-state index contributed by atoms with van der Waals surface area (Å²) in [4.78, 5) is 0. The van der Waals surface area contributed by atoms with E-state index in [9.17, 15) is 0 Å². The van der Waals surface area contributed by atoms with Crippen molar-refractivity contribution in [1.82, 2.24) is 0 Å². The van der Waals surface area contributed by atoms with Gasteiger partial charge in [-0.05, 0) is 0 Å². The molecule has 2 atom stereocenters. The van der Waals surface area contributed by atoms with Crippen molar-refractivity contribution in [2.24, 2.45) is 0 Å². The molecule has 1 heterocycles. The fraction of sp³-hybridized carbons (Fsp3) is 1.00. The molecule has 2 unspecified atom stereocenters. The summed E-state index contributed by atoms with van der Waals surface area (Å²) in [7, 11) is 3.86. The van der Waals surface area contributed by atoms with Gasteiger partial charge in [-0.15, -0.1) is 0 Å². The zero-order valence-corrected chi connectivity index (χ0v) is 7.70. The van der Waals surface area contributed by atoms with Crippen molar-refractivity contribution in [3.63, 3.8) is 0 Å². The van der Waals surface area contributed by atoms with Crippen LogP contribution in [0.1, 0.15) is 0 Å². The minimum atomic E-state index is 0.765. The zero-order chi connectivity index (χ0) is 5.98. The molecule has 0 radical (unpaired) electrons. The summed E-state index contributed by atoms with van der Waals surface area (Å²) in [6, 6.07) is 0. The first-order chi connectivity index (χ1) is 3.88. The Kier molecular flexibility index (Phi) is 3.32. The highest BCUT2D eigenvalue weighted by Gasteiger charge is 2.30. The monoisotopic (exact) mass is 184 g/mol. The van der Waals surface area contributed by atoms with Crippen LogP contribution in [0, 0.1) is 0 Å². The Morgan fingerprint density at radius 3 is 1.50 bits per heavy atom. The van der Waals surface area contributed by atoms with E-state index in [0.29, 0.717) is 0 Å². The van der Waals surface area contributed by atoms with E-state index in [-0.39, 0.29) is 0 Å². The second kappa shape index (κ2) is 3.54. The third kappa shape index (κ3) is 1.46. The van der Waals surface area contributed by atoms with E-state index >= 15 is 0 Å². The van der Waals surface area contributed by atoms with Crippen LogP contribution in [0.3, 0.4) is 0 Å². The van der Waals surface area contributed by atoms with Crippen LogP contribution in [-0.4, -0.2) is 22.0 Å². The minimum absolute atomic E-state index is 0.765. The van der Waals surface area contributed by atoms with Gasteiger partial charge in [0.15, 0.2) is 0 Å². The van der Waals surface area contributed by atoms with Crippen LogP contribution in [0.4, 0.5) is 0 Å². The normalized spacial score (nSPS) is 36.8. The lowest BCUT2D eigenvalue weighted by Crippen LogP contribution is -2.29. The molecular formula is C4H8S4. The molecule has 1 rings (SSSR count). The van der Waals surface area contributed by atoms with Crippen LogP contribution in [0.5, 0.6) is 0 Å². The third-order valence-electron chi connectivity index (χ3n) is 1.08. The molecule has 0 bridgehead atoms. The fourth-order valence-corrected chi connectivity index (χ4v) is 4.78. The molecule has 0 nitrogen and oxygen atoms in total. The van der Waals surface area contributed by atoms with Crippen molar-refractivity contribution < 1.29 is 0 Å². The van der Waals surface area contributed by atoms with Gasteiger partial charge in [-0.3, -0.25) is 0 Å². The van der Waals surface area contributed by atoms with Crippen LogP contribution in [0.2, 0.25) is 0 Å². The van der Waals surface area contributed by atoms with Gasteiger partial charge in [0, 0.05) is 22.0 Å². The smallest absolute Gasteiger partial charge is 0.0374 e. The van der Waals surface area contributed by atoms with Crippen molar-refractivity contribution in [3.05, 3.63) is 0 Å². The highest BCUT2D eigenvalue weighted by atomic mass is 33.1. The van der Waals surface area contributed by atoms with Crippen molar-refractivity contribution in [1.29, 1.82) is 0 Å². The summed E-state index contributed by atoms with van der Waals surface area (Å²) in [5.74, 6) is 2.01. The molecule has 8 heavy (non-hydrogen) atoms. The van der Waals surface area contributed by atoms with Gasteiger partial charge >= 0.3 is 0 Å². The summed E-state index contributed by atoms with van der Waals surface area (Å²) >= 11 is 8.38. The summed E-state index contributed by atoms with van der Waals surface area (Å²) in [5, 5.41) is 1.53. The molecule has 4 heteroatoms. The number of rotatable bonds is 2. The molecule has 0 N–H and O–H groups in total. The second-order valence-corrected chi connectivity index (χ2v) is 5.12. The van der Waals surface area contributed by atoms with E-state index in [1.807, 2.05) is 21.6 Å². The number of thiol groups is 2. The van der Waals surface area contributed by atoms with E-state index in [1.165, 1.54) is 0 Å². The second-order valence-electron chi connectivity index (χ2n) is 1.63. The van der Waals surface area contributed by atoms with Gasteiger partial charge in [-0.25, -0.2) is 0 Å². The lowest BCUT2D eigenvalue weighted by Gasteiger charge is -2.32. The quantitative estimate of drug-likeness (QED) is 0.497. The molecule has 1 saturated heterocycles. The Hall–Kier alpha value is 1.40. The average molecular weight is 184 g/mol. The van der Waals surface area contributed by atoms with E-state index in [2.05, 4.69) is 25.3 Å². The fourth-order valence-electron chi connectivity index (χ4n) is 0.509. The zero-order valence-electron chi connectivity index (χ0n) is 4.28. The first-order valence-electron chi connectivity index (χ1n) is 2.42. The Balaban J connectivity index is 2.16. The SMILES string of the molecule is SCC1SSC1CS. The van der Waals surface area contributed by atoms with Crippen molar-refractivity contribution in [2.75, 3.05) is 11.5 Å². The van der Waals surface area contributed by atoms with Gasteiger partial charge in [0.05, 0.1) is 0 Å². The maximum Gasteiger partial charge on any atom is 0.0374 e. The standard InChI is InChI=1S/C4H8S4/c5-1-3-4(2-6)8-7-3/h3-6H,1-2H2. The van der Waals surface area contributed by atoms with Gasteiger partial charge in [0.2, 0.25) is 0 Å². The Labute approximate surface area is 68.8 Å². The van der Waals surface area contributed by atoms with Gasteiger partial charge in [-0.2, -0.15) is 25.3 Å². The molecule has 1 aliphatic rings. The van der Waals surface area contributed by atoms with Crippen molar-refractivity contribution >= 4 is 46.8 Å². The van der Waals surface area contributed by atoms with Crippen molar-refractivity contribution in [2.45, 2.75) is 10.5 Å². The Morgan fingerprint density at radius 1 is 1.00 bits per heavy atom. The number of hydrogen-bond acceptors (Lipinski definition) is 4. The Morgan fingerprint density at radius 2 is 1.38 bits per heavy atom. The summed E-state index contributed by atoms with van der Waals surface area (Å²) in [5.41, 5.74) is 0. The molecule has 0 aliphatic carbocycles. The molecule has 0 aromatic heterocycles. The molecule has 0 aromatic carbocycles. The minimum Gasteiger partial charge on any atom is -0.178 e. The number of hydrogen-bond donors (Lipinski definition) is 2. The molecule has 1 fully saturated rings. The van der Waals surface area contributed by atoms with Crippen LogP contribution in [0.25, 0.3) is 0 Å². The molecule has 0 amide bonds. The first kappa shape index (κ1) is 7.51. The Bertz CT molecular complexity index is 60.4. The third-order valence-corrected chi connectivity index (χ3v) is 5.94. The highest BCUT2D eigenvalue weighted by molar-refractivity contribution is 8.80. The van der Waals surface area contributed by atoms with Crippen molar-refractivity contribution in [3.8, 4) is 0 Å². The van der Waals surface area contributed by atoms with E-state index in [1.54, 1.807) is 0 Å². The predicted octanol–water partition coefficient (Wildman–Crippen LogP) is 1.98. The molecule has 0 saturated carbocycles. The lowest BCUT2D eigenvalue weighted by molar-refractivity contribution is 0.950. The maximum absolute atomic E-state index is 4.19. The molecule has 0 aromatic rings. The van der Waals surface area contributed by atoms with Gasteiger partial charge < -0.3 is 0 Å². The maximum atomic E-state index is 4.19. The van der Waals surface area contributed by atoms with E-state index < -0.39 is 0 Å². The lowest BCUT2D eigenvalue weighted by atomic mass is 10.3.